The van der Waals surface area contributed by atoms with Crippen LogP contribution in [0.25, 0.3) is 0 Å². The minimum absolute atomic E-state index is 0.127. The van der Waals surface area contributed by atoms with Crippen LogP contribution in [0.1, 0.15) is 46.0 Å². The van der Waals surface area contributed by atoms with Gasteiger partial charge in [-0.25, -0.2) is 9.59 Å². The summed E-state index contributed by atoms with van der Waals surface area (Å²) in [7, 11) is 0. The van der Waals surface area contributed by atoms with E-state index in [4.69, 9.17) is 23.2 Å². The first-order chi connectivity index (χ1) is 9.82. The molecule has 0 bridgehead atoms. The highest BCUT2D eigenvalue weighted by atomic mass is 35.5. The van der Waals surface area contributed by atoms with Gasteiger partial charge in [0.05, 0.1) is 6.04 Å². The highest BCUT2D eigenvalue weighted by Gasteiger charge is 2.34. The van der Waals surface area contributed by atoms with E-state index in [-0.39, 0.29) is 11.2 Å². The molecule has 1 saturated carbocycles. The van der Waals surface area contributed by atoms with Gasteiger partial charge in [0.15, 0.2) is 4.17 Å². The van der Waals surface area contributed by atoms with E-state index in [0.717, 1.165) is 19.3 Å². The zero-order chi connectivity index (χ0) is 16.0. The standard InChI is InChI=1S/C12H20Cl2FN3O2S/c1-8(2)16-11(19)18(21-10(13)14)12(20)17(15)9-6-4-3-5-7-9/h8-10H,3-7H2,1-2H3,(H,16,19). The Morgan fingerprint density at radius 1 is 1.24 bits per heavy atom. The lowest BCUT2D eigenvalue weighted by atomic mass is 9.95. The van der Waals surface area contributed by atoms with Crippen LogP contribution in [-0.2, 0) is 0 Å². The molecule has 21 heavy (non-hydrogen) atoms. The molecule has 122 valence electrons. The van der Waals surface area contributed by atoms with Crippen molar-refractivity contribution >= 4 is 47.2 Å². The first-order valence-corrected chi connectivity index (χ1v) is 8.58. The van der Waals surface area contributed by atoms with Gasteiger partial charge in [0.1, 0.15) is 0 Å². The monoisotopic (exact) mass is 359 g/mol. The topological polar surface area (TPSA) is 52.7 Å². The molecule has 5 nitrogen and oxygen atoms in total. The Morgan fingerprint density at radius 3 is 2.29 bits per heavy atom. The van der Waals surface area contributed by atoms with Crippen LogP contribution >= 0.6 is 35.1 Å². The zero-order valence-corrected chi connectivity index (χ0v) is 14.3. The maximum atomic E-state index is 14.2. The van der Waals surface area contributed by atoms with Crippen molar-refractivity contribution in [2.75, 3.05) is 0 Å². The van der Waals surface area contributed by atoms with E-state index in [9.17, 15) is 14.1 Å². The van der Waals surface area contributed by atoms with Crippen molar-refractivity contribution in [3.63, 3.8) is 0 Å². The second kappa shape index (κ2) is 8.90. The summed E-state index contributed by atoms with van der Waals surface area (Å²) in [4.78, 5) is 24.2. The summed E-state index contributed by atoms with van der Waals surface area (Å²) in [5.74, 6) is 0. The first-order valence-electron chi connectivity index (χ1n) is 6.87. The summed E-state index contributed by atoms with van der Waals surface area (Å²) in [6.07, 6.45) is 3.97. The highest BCUT2D eigenvalue weighted by molar-refractivity contribution is 8.01. The molecule has 1 N–H and O–H groups in total. The lowest BCUT2D eigenvalue weighted by molar-refractivity contribution is 0.00419. The molecule has 4 amide bonds. The molecule has 1 aliphatic rings. The van der Waals surface area contributed by atoms with Crippen LogP contribution in [0, 0.1) is 0 Å². The maximum absolute atomic E-state index is 14.2. The van der Waals surface area contributed by atoms with Gasteiger partial charge in [0.25, 0.3) is 0 Å². The van der Waals surface area contributed by atoms with Crippen molar-refractivity contribution < 1.29 is 14.1 Å². The Kier molecular flexibility index (Phi) is 7.90. The Labute approximate surface area is 138 Å². The molecule has 1 fully saturated rings. The quantitative estimate of drug-likeness (QED) is 0.458. The molecule has 1 rings (SSSR count). The average Bonchev–Trinajstić information content (AvgIpc) is 2.43. The van der Waals surface area contributed by atoms with Crippen LogP contribution in [-0.4, -0.2) is 37.7 Å². The number of carbonyl (C=O) groups excluding carboxylic acids is 2. The Morgan fingerprint density at radius 2 is 1.81 bits per heavy atom. The molecule has 0 aromatic rings. The minimum Gasteiger partial charge on any atom is -0.335 e. The van der Waals surface area contributed by atoms with Gasteiger partial charge in [0.2, 0.25) is 0 Å². The van der Waals surface area contributed by atoms with Crippen molar-refractivity contribution in [1.29, 1.82) is 0 Å². The third-order valence-corrected chi connectivity index (χ3v) is 4.20. The number of amides is 4. The van der Waals surface area contributed by atoms with Crippen LogP contribution in [0.4, 0.5) is 14.1 Å². The summed E-state index contributed by atoms with van der Waals surface area (Å²) in [6, 6.07) is -2.47. The third-order valence-electron chi connectivity index (χ3n) is 3.03. The Balaban J connectivity index is 2.75. The molecule has 0 spiro atoms. The van der Waals surface area contributed by atoms with Gasteiger partial charge < -0.3 is 5.32 Å². The molecule has 1 aliphatic carbocycles. The molecule has 0 atom stereocenters. The third kappa shape index (κ3) is 6.08. The van der Waals surface area contributed by atoms with Gasteiger partial charge in [-0.2, -0.15) is 9.43 Å². The predicted octanol–water partition coefficient (Wildman–Crippen LogP) is 4.46. The number of rotatable bonds is 4. The maximum Gasteiger partial charge on any atom is 0.366 e. The molecule has 0 saturated heterocycles. The number of imide groups is 1. The van der Waals surface area contributed by atoms with Crippen molar-refractivity contribution in [1.82, 2.24) is 14.7 Å². The van der Waals surface area contributed by atoms with Crippen LogP contribution in [0.2, 0.25) is 0 Å². The molecule has 9 heteroatoms. The van der Waals surface area contributed by atoms with Crippen LogP contribution in [0.3, 0.4) is 0 Å². The van der Waals surface area contributed by atoms with Gasteiger partial charge in [0, 0.05) is 18.0 Å². The van der Waals surface area contributed by atoms with Crippen LogP contribution in [0.15, 0.2) is 0 Å². The molecule has 0 aromatic heterocycles. The number of hydrogen-bond donors (Lipinski definition) is 1. The minimum atomic E-state index is -1.05. The van der Waals surface area contributed by atoms with E-state index in [1.165, 1.54) is 0 Å². The highest BCUT2D eigenvalue weighted by Crippen LogP contribution is 2.29. The van der Waals surface area contributed by atoms with E-state index in [0.29, 0.717) is 29.1 Å². The molecular formula is C12H20Cl2FN3O2S. The largest absolute Gasteiger partial charge is 0.366 e. The first kappa shape index (κ1) is 18.6. The zero-order valence-electron chi connectivity index (χ0n) is 12.0. The fourth-order valence-corrected chi connectivity index (χ4v) is 3.07. The molecule has 0 aliphatic heterocycles. The Bertz CT molecular complexity index is 368. The van der Waals surface area contributed by atoms with Gasteiger partial charge in [-0.1, -0.05) is 46.9 Å². The van der Waals surface area contributed by atoms with Gasteiger partial charge in [-0.15, -0.1) is 0 Å². The van der Waals surface area contributed by atoms with E-state index in [2.05, 4.69) is 5.32 Å². The summed E-state index contributed by atoms with van der Waals surface area (Å²) in [5, 5.41) is 2.65. The lowest BCUT2D eigenvalue weighted by Crippen LogP contribution is -2.49. The number of alkyl halides is 2. The fourth-order valence-electron chi connectivity index (χ4n) is 2.12. The van der Waals surface area contributed by atoms with Gasteiger partial charge in [-0.05, 0) is 26.7 Å². The second-order valence-electron chi connectivity index (χ2n) is 5.15. The lowest BCUT2D eigenvalue weighted by Gasteiger charge is -2.30. The number of hydrogen-bond acceptors (Lipinski definition) is 3. The number of nitrogens with zero attached hydrogens (tertiary/aromatic N) is 2. The normalized spacial score (nSPS) is 16.1. The van der Waals surface area contributed by atoms with E-state index < -0.39 is 22.3 Å². The predicted molar refractivity (Wildman–Crippen MR) is 83.8 cm³/mol. The Hall–Kier alpha value is -0.400. The molecule has 0 heterocycles. The molecule has 0 aromatic carbocycles. The number of nitrogens with one attached hydrogen (secondary N) is 1. The van der Waals surface area contributed by atoms with Crippen LogP contribution < -0.4 is 5.32 Å². The van der Waals surface area contributed by atoms with Gasteiger partial charge in [-0.3, -0.25) is 0 Å². The van der Waals surface area contributed by atoms with E-state index >= 15 is 0 Å². The molecule has 0 radical (unpaired) electrons. The average molecular weight is 360 g/mol. The fraction of sp³-hybridized carbons (Fsp3) is 0.833. The van der Waals surface area contributed by atoms with E-state index in [1.54, 1.807) is 13.8 Å². The number of carbonyl (C=O) groups is 2. The number of urea groups is 2. The number of halogens is 3. The van der Waals surface area contributed by atoms with Crippen molar-refractivity contribution in [2.24, 2.45) is 0 Å². The smallest absolute Gasteiger partial charge is 0.335 e. The summed E-state index contributed by atoms with van der Waals surface area (Å²) >= 11 is 11.8. The summed E-state index contributed by atoms with van der Waals surface area (Å²) in [6.45, 7) is 3.47. The summed E-state index contributed by atoms with van der Waals surface area (Å²) in [5.41, 5.74) is 0. The van der Waals surface area contributed by atoms with Crippen LogP contribution in [0.5, 0.6) is 0 Å². The van der Waals surface area contributed by atoms with E-state index in [1.807, 2.05) is 0 Å². The van der Waals surface area contributed by atoms with Gasteiger partial charge >= 0.3 is 12.1 Å². The second-order valence-corrected chi connectivity index (χ2v) is 7.81. The molecule has 0 unspecified atom stereocenters. The SMILES string of the molecule is CC(C)NC(=O)N(SC(Cl)Cl)C(=O)N(F)C1CCCCC1. The van der Waals surface area contributed by atoms with Crippen molar-refractivity contribution in [3.05, 3.63) is 0 Å². The van der Waals surface area contributed by atoms with Crippen molar-refractivity contribution in [3.8, 4) is 0 Å². The molecular weight excluding hydrogens is 340 g/mol. The van der Waals surface area contributed by atoms with Crippen molar-refractivity contribution in [2.45, 2.75) is 62.2 Å². The summed E-state index contributed by atoms with van der Waals surface area (Å²) < 4.78 is 13.8.